The van der Waals surface area contributed by atoms with Gasteiger partial charge in [0.15, 0.2) is 0 Å². The molecule has 11 heterocycles. The Labute approximate surface area is 503 Å². The van der Waals surface area contributed by atoms with Crippen molar-refractivity contribution in [2.75, 3.05) is 14.2 Å². The summed E-state index contributed by atoms with van der Waals surface area (Å²) in [7, 11) is 4.68. The van der Waals surface area contributed by atoms with E-state index in [1.807, 2.05) is 157 Å². The average molecular weight is 1200 g/mol. The van der Waals surface area contributed by atoms with Crippen molar-refractivity contribution in [1.29, 1.82) is 0 Å². The third-order valence-electron chi connectivity index (χ3n) is 15.2. The van der Waals surface area contributed by atoms with Crippen molar-refractivity contribution in [3.63, 3.8) is 0 Å². The molecule has 11 aromatic rings. The number of aromatic nitrogens is 14. The maximum atomic E-state index is 12.9. The average Bonchev–Trinajstić information content (AvgIpc) is 4.55. The number of methoxy groups -OCH3 is 2. The van der Waals surface area contributed by atoms with E-state index in [0.29, 0.717) is 118 Å². The molecule has 0 saturated carbocycles. The molecule has 18 nitrogen and oxygen atoms in total. The van der Waals surface area contributed by atoms with Crippen LogP contribution in [0.5, 0.6) is 0 Å². The van der Waals surface area contributed by atoms with Crippen molar-refractivity contribution in [2.24, 2.45) is 7.05 Å². The van der Waals surface area contributed by atoms with Crippen molar-refractivity contribution >= 4 is 102 Å². The normalized spacial score (nSPS) is 12.0. The van der Waals surface area contributed by atoms with Gasteiger partial charge in [-0.2, -0.15) is 0 Å². The van der Waals surface area contributed by atoms with Crippen LogP contribution in [0.4, 0.5) is 0 Å². The number of hydrogen-bond acceptors (Lipinski definition) is 13. The Kier molecular flexibility index (Phi) is 13.7. The van der Waals surface area contributed by atoms with Crippen molar-refractivity contribution < 1.29 is 58.0 Å². The van der Waals surface area contributed by atoms with Crippen LogP contribution in [0.3, 0.4) is 0 Å². The molecule has 0 radical (unpaired) electrons. The first-order valence-corrected chi connectivity index (χ1v) is 26.5. The number of nitrogens with zero attached hydrogens (tertiary/aromatic N) is 14. The first-order valence-electron chi connectivity index (χ1n) is 26.5. The number of esters is 2. The largest absolute Gasteiger partial charge is 2.00 e. The molecular formula is C64H42N14O4Zn2. The molecule has 0 saturated heterocycles. The van der Waals surface area contributed by atoms with Crippen LogP contribution in [0.1, 0.15) is 46.7 Å². The maximum Gasteiger partial charge on any atom is 2.00 e. The van der Waals surface area contributed by atoms with Crippen LogP contribution in [0.15, 0.2) is 128 Å². The number of hydrogen-bond donors (Lipinski definition) is 0. The Bertz CT molecular complexity index is 4990. The van der Waals surface area contributed by atoms with Gasteiger partial charge in [0.25, 0.3) is 0 Å². The van der Waals surface area contributed by atoms with E-state index in [4.69, 9.17) is 74.3 Å². The van der Waals surface area contributed by atoms with Crippen LogP contribution in [-0.4, -0.2) is 75.6 Å². The molecule has 396 valence electrons. The SMILES string of the molecule is COC(=O)CCc1c2nc(c(-c3nccn3C)c3ccc([n-]3)c(CCC(=O)OC)c3nc(c(-c4ccc5c6nc7nc(nc8[n-]c(nc9nc(nc([n-]6)c5c4)-c4ccccc4-9)c4ccccc84)-c4ccccc4-7)c4ccc1[n-]4)C=C3)C=C2.[Zn+2].[Zn+2]. The fourth-order valence-corrected chi connectivity index (χ4v) is 11.2. The Morgan fingerprint density at radius 1 is 0.452 bits per heavy atom. The second-order valence-electron chi connectivity index (χ2n) is 20.0. The Morgan fingerprint density at radius 3 is 1.33 bits per heavy atom. The third-order valence-corrected chi connectivity index (χ3v) is 15.2. The monoisotopic (exact) mass is 1200 g/mol. The number of fused-ring (bicyclic) bond motifs is 28. The molecule has 0 aliphatic carbocycles. The maximum absolute atomic E-state index is 12.9. The molecular weight excluding hydrogens is 1160 g/mol. The minimum absolute atomic E-state index is 0. The van der Waals surface area contributed by atoms with E-state index in [1.165, 1.54) is 14.2 Å². The third kappa shape index (κ3) is 9.14. The molecule has 0 unspecified atom stereocenters. The zero-order chi connectivity index (χ0) is 55.2. The fraction of sp³-hybridized carbons (Fsp3) is 0.109. The summed E-state index contributed by atoms with van der Waals surface area (Å²) in [6, 6.07) is 37.4. The van der Waals surface area contributed by atoms with Crippen LogP contribution >= 0.6 is 0 Å². The molecule has 4 aliphatic rings. The smallest absolute Gasteiger partial charge is 0.657 e. The van der Waals surface area contributed by atoms with Gasteiger partial charge in [0.1, 0.15) is 5.82 Å². The minimum atomic E-state index is -0.367. The number of carbonyl (C=O) groups excluding carboxylic acids is 2. The van der Waals surface area contributed by atoms with Crippen LogP contribution in [0.2, 0.25) is 0 Å². The molecule has 0 amide bonds. The van der Waals surface area contributed by atoms with E-state index >= 15 is 0 Å². The molecule has 0 atom stereocenters. The summed E-state index contributed by atoms with van der Waals surface area (Å²) in [6.07, 6.45) is 12.1. The number of rotatable bonds is 8. The topological polar surface area (TPSA) is 230 Å². The summed E-state index contributed by atoms with van der Waals surface area (Å²) >= 11 is 0. The summed E-state index contributed by atoms with van der Waals surface area (Å²) in [5.41, 5.74) is 13.5. The molecule has 4 aromatic carbocycles. The van der Waals surface area contributed by atoms with E-state index in [0.717, 1.165) is 49.7 Å². The van der Waals surface area contributed by atoms with Gasteiger partial charge in [0.2, 0.25) is 0 Å². The summed E-state index contributed by atoms with van der Waals surface area (Å²) < 4.78 is 12.2. The second kappa shape index (κ2) is 21.5. The van der Waals surface area contributed by atoms with Crippen molar-refractivity contribution in [2.45, 2.75) is 25.7 Å². The zero-order valence-corrected chi connectivity index (χ0v) is 51.5. The van der Waals surface area contributed by atoms with Gasteiger partial charge in [0, 0.05) is 82.7 Å². The number of carbonyl (C=O) groups is 2. The van der Waals surface area contributed by atoms with Crippen molar-refractivity contribution in [3.05, 3.63) is 162 Å². The van der Waals surface area contributed by atoms with E-state index in [2.05, 4.69) is 0 Å². The van der Waals surface area contributed by atoms with Gasteiger partial charge < -0.3 is 53.9 Å². The molecule has 16 bridgehead atoms. The van der Waals surface area contributed by atoms with Crippen molar-refractivity contribution in [1.82, 2.24) is 69.4 Å². The first-order chi connectivity index (χ1) is 40.2. The molecule has 84 heavy (non-hydrogen) atoms. The van der Waals surface area contributed by atoms with E-state index < -0.39 is 0 Å². The Morgan fingerprint density at radius 2 is 0.869 bits per heavy atom. The molecule has 7 aromatic heterocycles. The molecule has 0 fully saturated rings. The quantitative estimate of drug-likeness (QED) is 0.102. The van der Waals surface area contributed by atoms with Crippen LogP contribution in [0, 0.1) is 0 Å². The Hall–Kier alpha value is -9.76. The van der Waals surface area contributed by atoms with E-state index in [9.17, 15) is 9.59 Å². The predicted molar refractivity (Wildman–Crippen MR) is 313 cm³/mol. The van der Waals surface area contributed by atoms with Gasteiger partial charge >= 0.3 is 50.9 Å². The van der Waals surface area contributed by atoms with Crippen molar-refractivity contribution in [3.8, 4) is 68.1 Å². The molecule has 0 N–H and O–H groups in total. The standard InChI is InChI=1S/C64H42N14O4.2Zn/c1-78-31-30-65-64(78)55-50-26-22-46(68-50)41(18-28-52(79)81-2)44-20-24-48(66-44)54(49-25-21-45(67-49)42(19-29-53(80)82-3)47-23-27-51(55)69-47)33-16-17-40-43(32-33)63-76-61-39-15-9-8-14-38(39)59(74-61)72-57-35-11-5-4-10-34(35)56(70-57)71-58-36-12-6-7-13-37(36)60(73-58)75-62(40)77-63;;/h4-17,20-27,30-32H,18-19,28-29H2,1-3H3;;/q-4;2*+2. The molecule has 4 aliphatic heterocycles. The second-order valence-corrected chi connectivity index (χ2v) is 20.0. The minimum Gasteiger partial charge on any atom is -0.657 e. The predicted octanol–water partition coefficient (Wildman–Crippen LogP) is 10.6. The van der Waals surface area contributed by atoms with Crippen LogP contribution in [0.25, 0.3) is 159 Å². The first kappa shape index (κ1) is 53.5. The van der Waals surface area contributed by atoms with Crippen LogP contribution < -0.4 is 19.9 Å². The van der Waals surface area contributed by atoms with Crippen LogP contribution in [-0.2, 0) is 77.9 Å². The van der Waals surface area contributed by atoms with Gasteiger partial charge in [-0.3, -0.25) is 9.59 Å². The molecule has 15 rings (SSSR count). The summed E-state index contributed by atoms with van der Waals surface area (Å²) in [5, 5.41) is 3.04. The fourth-order valence-electron chi connectivity index (χ4n) is 11.2. The number of benzene rings is 4. The van der Waals surface area contributed by atoms with Gasteiger partial charge in [-0.15, -0.1) is 22.1 Å². The molecule has 0 spiro atoms. The van der Waals surface area contributed by atoms with E-state index in [1.54, 1.807) is 6.20 Å². The van der Waals surface area contributed by atoms with E-state index in [-0.39, 0.29) is 76.6 Å². The molecule has 20 heteroatoms. The van der Waals surface area contributed by atoms with Gasteiger partial charge in [-0.1, -0.05) is 109 Å². The number of imidazole rings is 1. The summed E-state index contributed by atoms with van der Waals surface area (Å²) in [4.78, 5) is 92.7. The number of aryl methyl sites for hydroxylation is 3. The number of ether oxygens (including phenoxy) is 2. The van der Waals surface area contributed by atoms with Gasteiger partial charge in [-0.25, -0.2) is 24.9 Å². The summed E-state index contributed by atoms with van der Waals surface area (Å²) in [6.45, 7) is 0. The summed E-state index contributed by atoms with van der Waals surface area (Å²) in [5.74, 6) is 1.69. The Balaban J connectivity index is 0.00000329. The zero-order valence-electron chi connectivity index (χ0n) is 45.6. The van der Waals surface area contributed by atoms with Gasteiger partial charge in [0.05, 0.1) is 60.3 Å². The van der Waals surface area contributed by atoms with Gasteiger partial charge in [-0.05, 0) is 87.0 Å².